The van der Waals surface area contributed by atoms with Crippen molar-refractivity contribution < 1.29 is 24.1 Å². The molecule has 5 nitrogen and oxygen atoms in total. The van der Waals surface area contributed by atoms with Crippen LogP contribution in [0, 0.1) is 5.82 Å². The molecule has 0 saturated heterocycles. The van der Waals surface area contributed by atoms with E-state index in [1.54, 1.807) is 0 Å². The molecule has 6 heteroatoms. The van der Waals surface area contributed by atoms with Gasteiger partial charge in [-0.2, -0.15) is 0 Å². The minimum atomic E-state index is -1.16. The average Bonchev–Trinajstić information content (AvgIpc) is 2.34. The minimum absolute atomic E-state index is 0.0665. The molecule has 0 saturated carbocycles. The molecular weight excluding hydrogens is 253 g/mol. The first-order valence-corrected chi connectivity index (χ1v) is 5.84. The summed E-state index contributed by atoms with van der Waals surface area (Å²) >= 11 is 0. The van der Waals surface area contributed by atoms with Crippen LogP contribution in [0.4, 0.5) is 4.39 Å². The maximum absolute atomic E-state index is 13.4. The smallest absolute Gasteiger partial charge is 0.258 e. The van der Waals surface area contributed by atoms with E-state index in [9.17, 15) is 19.4 Å². The Morgan fingerprint density at radius 1 is 1.53 bits per heavy atom. The summed E-state index contributed by atoms with van der Waals surface area (Å²) in [6.07, 6.45) is 0.326. The van der Waals surface area contributed by atoms with Crippen molar-refractivity contribution in [1.29, 1.82) is 0 Å². The number of aromatic hydroxyl groups is 1. The van der Waals surface area contributed by atoms with Crippen LogP contribution in [-0.2, 0) is 4.74 Å². The van der Waals surface area contributed by atoms with Gasteiger partial charge in [-0.3, -0.25) is 4.79 Å². The van der Waals surface area contributed by atoms with Crippen LogP contribution in [0.1, 0.15) is 23.7 Å². The lowest BCUT2D eigenvalue weighted by Crippen LogP contribution is -2.41. The molecule has 1 aromatic rings. The van der Waals surface area contributed by atoms with Crippen LogP contribution in [0.3, 0.4) is 0 Å². The van der Waals surface area contributed by atoms with E-state index in [0.29, 0.717) is 13.0 Å². The molecule has 0 aromatic heterocycles. The number of hydrogen-bond donors (Lipinski definition) is 3. The SMILES string of the molecule is COCCC(C)(O)CNC(=O)c1c(O)cccc1F. The highest BCUT2D eigenvalue weighted by molar-refractivity contribution is 5.97. The van der Waals surface area contributed by atoms with Crippen molar-refractivity contribution in [2.75, 3.05) is 20.3 Å². The van der Waals surface area contributed by atoms with E-state index >= 15 is 0 Å². The average molecular weight is 271 g/mol. The van der Waals surface area contributed by atoms with Gasteiger partial charge in [0, 0.05) is 26.7 Å². The Morgan fingerprint density at radius 3 is 2.79 bits per heavy atom. The molecule has 0 aliphatic rings. The molecule has 0 fully saturated rings. The van der Waals surface area contributed by atoms with Gasteiger partial charge in [-0.1, -0.05) is 6.07 Å². The molecule has 19 heavy (non-hydrogen) atoms. The van der Waals surface area contributed by atoms with Gasteiger partial charge in [-0.25, -0.2) is 4.39 Å². The first kappa shape index (κ1) is 15.4. The predicted octanol–water partition coefficient (Wildman–Crippen LogP) is 1.05. The maximum Gasteiger partial charge on any atom is 0.258 e. The van der Waals surface area contributed by atoms with Gasteiger partial charge in [-0.05, 0) is 19.1 Å². The monoisotopic (exact) mass is 271 g/mol. The second-order valence-electron chi connectivity index (χ2n) is 4.56. The highest BCUT2D eigenvalue weighted by Gasteiger charge is 2.23. The lowest BCUT2D eigenvalue weighted by molar-refractivity contribution is 0.0242. The zero-order chi connectivity index (χ0) is 14.5. The predicted molar refractivity (Wildman–Crippen MR) is 67.5 cm³/mol. The quantitative estimate of drug-likeness (QED) is 0.722. The summed E-state index contributed by atoms with van der Waals surface area (Å²) in [6.45, 7) is 1.81. The van der Waals surface area contributed by atoms with Crippen LogP contribution in [-0.4, -0.2) is 42.0 Å². The number of hydrogen-bond acceptors (Lipinski definition) is 4. The van der Waals surface area contributed by atoms with Crippen LogP contribution in [0.5, 0.6) is 5.75 Å². The normalized spacial score (nSPS) is 13.9. The number of ether oxygens (including phenoxy) is 1. The molecule has 1 amide bonds. The zero-order valence-electron chi connectivity index (χ0n) is 10.9. The molecule has 0 spiro atoms. The first-order valence-electron chi connectivity index (χ1n) is 5.84. The van der Waals surface area contributed by atoms with Gasteiger partial charge < -0.3 is 20.3 Å². The van der Waals surface area contributed by atoms with Gasteiger partial charge in [-0.15, -0.1) is 0 Å². The standard InChI is InChI=1S/C13H18FNO4/c1-13(18,6-7-19-2)8-15-12(17)11-9(14)4-3-5-10(11)16/h3-5,16,18H,6-8H2,1-2H3,(H,15,17). The third-order valence-electron chi connectivity index (χ3n) is 2.69. The van der Waals surface area contributed by atoms with Crippen molar-refractivity contribution >= 4 is 5.91 Å². The van der Waals surface area contributed by atoms with Gasteiger partial charge in [0.15, 0.2) is 0 Å². The summed E-state index contributed by atoms with van der Waals surface area (Å²) in [4.78, 5) is 11.8. The second-order valence-corrected chi connectivity index (χ2v) is 4.56. The van der Waals surface area contributed by atoms with Crippen molar-refractivity contribution in [2.45, 2.75) is 18.9 Å². The minimum Gasteiger partial charge on any atom is -0.507 e. The van der Waals surface area contributed by atoms with E-state index in [4.69, 9.17) is 4.74 Å². The van der Waals surface area contributed by atoms with Crippen molar-refractivity contribution in [3.63, 3.8) is 0 Å². The first-order chi connectivity index (χ1) is 8.87. The number of benzene rings is 1. The molecule has 1 unspecified atom stereocenters. The van der Waals surface area contributed by atoms with Crippen molar-refractivity contribution in [3.05, 3.63) is 29.6 Å². The number of methoxy groups -OCH3 is 1. The van der Waals surface area contributed by atoms with Gasteiger partial charge in [0.2, 0.25) is 0 Å². The number of nitrogens with one attached hydrogen (secondary N) is 1. The molecule has 1 atom stereocenters. The molecule has 3 N–H and O–H groups in total. The van der Waals surface area contributed by atoms with Gasteiger partial charge in [0.1, 0.15) is 17.1 Å². The molecular formula is C13H18FNO4. The van der Waals surface area contributed by atoms with E-state index in [1.807, 2.05) is 0 Å². The fourth-order valence-corrected chi connectivity index (χ4v) is 1.51. The fraction of sp³-hybridized carbons (Fsp3) is 0.462. The zero-order valence-corrected chi connectivity index (χ0v) is 10.9. The molecule has 0 bridgehead atoms. The Morgan fingerprint density at radius 2 is 2.21 bits per heavy atom. The molecule has 1 aromatic carbocycles. The van der Waals surface area contributed by atoms with E-state index in [2.05, 4.69) is 5.32 Å². The van der Waals surface area contributed by atoms with Gasteiger partial charge in [0.25, 0.3) is 5.91 Å². The summed E-state index contributed by atoms with van der Waals surface area (Å²) in [5, 5.41) is 21.8. The largest absolute Gasteiger partial charge is 0.507 e. The third-order valence-corrected chi connectivity index (χ3v) is 2.69. The molecule has 0 radical (unpaired) electrons. The third kappa shape index (κ3) is 4.50. The molecule has 106 valence electrons. The van der Waals surface area contributed by atoms with Crippen LogP contribution in [0.2, 0.25) is 0 Å². The lowest BCUT2D eigenvalue weighted by Gasteiger charge is -2.23. The lowest BCUT2D eigenvalue weighted by atomic mass is 10.0. The Balaban J connectivity index is 2.66. The Kier molecular flexibility index (Phi) is 5.26. The summed E-state index contributed by atoms with van der Waals surface area (Å²) in [7, 11) is 1.51. The number of rotatable bonds is 6. The van der Waals surface area contributed by atoms with Gasteiger partial charge in [0.05, 0.1) is 5.60 Å². The molecule has 0 aliphatic heterocycles. The van der Waals surface area contributed by atoms with Crippen LogP contribution in [0.25, 0.3) is 0 Å². The van der Waals surface area contributed by atoms with Crippen molar-refractivity contribution in [3.8, 4) is 5.75 Å². The number of aliphatic hydroxyl groups is 1. The van der Waals surface area contributed by atoms with E-state index < -0.39 is 28.6 Å². The van der Waals surface area contributed by atoms with E-state index in [1.165, 1.54) is 26.2 Å². The fourth-order valence-electron chi connectivity index (χ4n) is 1.51. The van der Waals surface area contributed by atoms with Crippen LogP contribution < -0.4 is 5.32 Å². The second kappa shape index (κ2) is 6.49. The Hall–Kier alpha value is -1.66. The number of phenols is 1. The summed E-state index contributed by atoms with van der Waals surface area (Å²) in [5.74, 6) is -2.02. The highest BCUT2D eigenvalue weighted by atomic mass is 19.1. The highest BCUT2D eigenvalue weighted by Crippen LogP contribution is 2.19. The van der Waals surface area contributed by atoms with Crippen molar-refractivity contribution in [2.24, 2.45) is 0 Å². The topological polar surface area (TPSA) is 78.8 Å². The number of carbonyl (C=O) groups excluding carboxylic acids is 1. The van der Waals surface area contributed by atoms with Crippen molar-refractivity contribution in [1.82, 2.24) is 5.32 Å². The molecule has 1 rings (SSSR count). The summed E-state index contributed by atoms with van der Waals surface area (Å²) in [5.41, 5.74) is -1.59. The Bertz CT molecular complexity index is 428. The van der Waals surface area contributed by atoms with Gasteiger partial charge >= 0.3 is 0 Å². The summed E-state index contributed by atoms with van der Waals surface area (Å²) in [6, 6.07) is 3.61. The maximum atomic E-state index is 13.4. The number of amides is 1. The molecule has 0 aliphatic carbocycles. The van der Waals surface area contributed by atoms with E-state index in [-0.39, 0.29) is 6.54 Å². The van der Waals surface area contributed by atoms with Crippen LogP contribution >= 0.6 is 0 Å². The number of phenolic OH excluding ortho intramolecular Hbond substituents is 1. The van der Waals surface area contributed by atoms with Crippen LogP contribution in [0.15, 0.2) is 18.2 Å². The number of carbonyl (C=O) groups is 1. The van der Waals surface area contributed by atoms with E-state index in [0.717, 1.165) is 6.07 Å². The molecule has 0 heterocycles. The summed E-state index contributed by atoms with van der Waals surface area (Å²) < 4.78 is 18.3. The number of halogens is 1. The Labute approximate surface area is 111 Å².